The summed E-state index contributed by atoms with van der Waals surface area (Å²) in [6.07, 6.45) is 10.6. The van der Waals surface area contributed by atoms with E-state index in [0.29, 0.717) is 5.91 Å². The number of piperidine rings is 1. The Morgan fingerprint density at radius 3 is 2.26 bits per heavy atom. The molecule has 0 aromatic rings. The zero-order valence-electron chi connectivity index (χ0n) is 15.0. The number of nitrogens with zero attached hydrogens (tertiary/aromatic N) is 3. The van der Waals surface area contributed by atoms with Gasteiger partial charge >= 0.3 is 0 Å². The predicted molar refractivity (Wildman–Crippen MR) is 94.5 cm³/mol. The van der Waals surface area contributed by atoms with E-state index >= 15 is 0 Å². The Labute approximate surface area is 142 Å². The van der Waals surface area contributed by atoms with E-state index in [1.165, 1.54) is 71.0 Å². The zero-order valence-corrected chi connectivity index (χ0v) is 15.0. The highest BCUT2D eigenvalue weighted by Gasteiger charge is 2.31. The van der Waals surface area contributed by atoms with E-state index in [2.05, 4.69) is 21.6 Å². The minimum Gasteiger partial charge on any atom is -0.341 e. The summed E-state index contributed by atoms with van der Waals surface area (Å²) in [5.74, 6) is 1.13. The first kappa shape index (κ1) is 17.2. The molecule has 4 nitrogen and oxygen atoms in total. The Kier molecular flexibility index (Phi) is 6.35. The second-order valence-corrected chi connectivity index (χ2v) is 7.93. The molecule has 0 unspecified atom stereocenters. The predicted octanol–water partition coefficient (Wildman–Crippen LogP) is 2.59. The largest absolute Gasteiger partial charge is 0.341 e. The monoisotopic (exact) mass is 321 g/mol. The van der Waals surface area contributed by atoms with Crippen LogP contribution < -0.4 is 0 Å². The number of rotatable bonds is 4. The van der Waals surface area contributed by atoms with Crippen molar-refractivity contribution in [1.82, 2.24) is 14.7 Å². The number of amides is 1. The van der Waals surface area contributed by atoms with Crippen molar-refractivity contribution in [3.05, 3.63) is 0 Å². The van der Waals surface area contributed by atoms with Gasteiger partial charge in [-0.2, -0.15) is 0 Å². The lowest BCUT2D eigenvalue weighted by atomic mass is 9.96. The molecule has 3 aliphatic rings. The fourth-order valence-corrected chi connectivity index (χ4v) is 4.64. The molecule has 0 aliphatic carbocycles. The molecule has 0 N–H and O–H groups in total. The Balaban J connectivity index is 1.49. The van der Waals surface area contributed by atoms with E-state index in [1.807, 2.05) is 0 Å². The van der Waals surface area contributed by atoms with Gasteiger partial charge in [0.1, 0.15) is 0 Å². The van der Waals surface area contributed by atoms with Crippen LogP contribution in [0.3, 0.4) is 0 Å². The molecule has 0 spiro atoms. The van der Waals surface area contributed by atoms with Crippen molar-refractivity contribution in [3.63, 3.8) is 0 Å². The van der Waals surface area contributed by atoms with Gasteiger partial charge in [0, 0.05) is 26.2 Å². The third-order valence-corrected chi connectivity index (χ3v) is 6.09. The van der Waals surface area contributed by atoms with E-state index in [-0.39, 0.29) is 6.04 Å². The first-order chi connectivity index (χ1) is 11.2. The molecule has 3 fully saturated rings. The summed E-state index contributed by atoms with van der Waals surface area (Å²) < 4.78 is 0. The van der Waals surface area contributed by atoms with Gasteiger partial charge in [0.25, 0.3) is 0 Å². The fraction of sp³-hybridized carbons (Fsp3) is 0.947. The van der Waals surface area contributed by atoms with Crippen molar-refractivity contribution in [2.75, 3.05) is 45.8 Å². The zero-order chi connectivity index (χ0) is 16.1. The van der Waals surface area contributed by atoms with Gasteiger partial charge in [-0.1, -0.05) is 12.8 Å². The van der Waals surface area contributed by atoms with E-state index in [9.17, 15) is 4.79 Å². The molecule has 132 valence electrons. The number of carbonyl (C=O) groups excluding carboxylic acids is 1. The van der Waals surface area contributed by atoms with Crippen LogP contribution in [0.25, 0.3) is 0 Å². The SMILES string of the molecule is C[C@@H](C(=O)N1CCCC1)N1CCC[C@H](CN2CCCCCC2)C1. The molecule has 0 bridgehead atoms. The molecule has 0 saturated carbocycles. The van der Waals surface area contributed by atoms with Crippen LogP contribution in [0.4, 0.5) is 0 Å². The summed E-state index contributed by atoms with van der Waals surface area (Å²) in [5.41, 5.74) is 0. The van der Waals surface area contributed by atoms with E-state index < -0.39 is 0 Å². The standard InChI is InChI=1S/C19H35N3O/c1-17(19(23)21-12-6-7-13-21)22-14-8-9-18(16-22)15-20-10-4-2-3-5-11-20/h17-18H,2-16H2,1H3/t17-,18+/m0/s1. The third kappa shape index (κ3) is 4.69. The van der Waals surface area contributed by atoms with Gasteiger partial charge in [-0.05, 0) is 71.0 Å². The summed E-state index contributed by atoms with van der Waals surface area (Å²) in [4.78, 5) is 19.9. The molecule has 3 aliphatic heterocycles. The molecule has 2 atom stereocenters. The average Bonchev–Trinajstić information content (AvgIpc) is 2.99. The van der Waals surface area contributed by atoms with E-state index in [1.54, 1.807) is 0 Å². The number of likely N-dealkylation sites (tertiary alicyclic amines) is 3. The molecular weight excluding hydrogens is 286 g/mol. The van der Waals surface area contributed by atoms with E-state index in [4.69, 9.17) is 0 Å². The van der Waals surface area contributed by atoms with Gasteiger partial charge in [0.15, 0.2) is 0 Å². The number of carbonyl (C=O) groups is 1. The van der Waals surface area contributed by atoms with Gasteiger partial charge in [-0.25, -0.2) is 0 Å². The summed E-state index contributed by atoms with van der Waals surface area (Å²) in [6, 6.07) is 0.0834. The maximum Gasteiger partial charge on any atom is 0.239 e. The lowest BCUT2D eigenvalue weighted by Gasteiger charge is -2.39. The van der Waals surface area contributed by atoms with Gasteiger partial charge in [0.05, 0.1) is 6.04 Å². The summed E-state index contributed by atoms with van der Waals surface area (Å²) >= 11 is 0. The van der Waals surface area contributed by atoms with Crippen molar-refractivity contribution >= 4 is 5.91 Å². The quantitative estimate of drug-likeness (QED) is 0.796. The van der Waals surface area contributed by atoms with Crippen LogP contribution in [0.15, 0.2) is 0 Å². The van der Waals surface area contributed by atoms with Crippen molar-refractivity contribution < 1.29 is 4.79 Å². The maximum absolute atomic E-state index is 12.7. The van der Waals surface area contributed by atoms with Gasteiger partial charge < -0.3 is 9.80 Å². The molecule has 0 aromatic carbocycles. The fourth-order valence-electron chi connectivity index (χ4n) is 4.64. The van der Waals surface area contributed by atoms with Crippen LogP contribution in [0, 0.1) is 5.92 Å². The first-order valence-electron chi connectivity index (χ1n) is 9.99. The van der Waals surface area contributed by atoms with Crippen molar-refractivity contribution in [2.24, 2.45) is 5.92 Å². The first-order valence-corrected chi connectivity index (χ1v) is 9.99. The van der Waals surface area contributed by atoms with Crippen LogP contribution >= 0.6 is 0 Å². The number of hydrogen-bond donors (Lipinski definition) is 0. The minimum atomic E-state index is 0.0834. The maximum atomic E-state index is 12.7. The van der Waals surface area contributed by atoms with Crippen LogP contribution in [0.5, 0.6) is 0 Å². The van der Waals surface area contributed by atoms with Crippen LogP contribution in [0.2, 0.25) is 0 Å². The molecule has 23 heavy (non-hydrogen) atoms. The molecule has 1 amide bonds. The van der Waals surface area contributed by atoms with E-state index in [0.717, 1.165) is 32.1 Å². The number of hydrogen-bond acceptors (Lipinski definition) is 3. The molecule has 0 aromatic heterocycles. The molecule has 3 rings (SSSR count). The average molecular weight is 322 g/mol. The molecule has 3 saturated heterocycles. The normalized spacial score (nSPS) is 29.4. The van der Waals surface area contributed by atoms with Gasteiger partial charge in [-0.15, -0.1) is 0 Å². The lowest BCUT2D eigenvalue weighted by Crippen LogP contribution is -2.51. The third-order valence-electron chi connectivity index (χ3n) is 6.09. The summed E-state index contributed by atoms with van der Waals surface area (Å²) in [7, 11) is 0. The highest BCUT2D eigenvalue weighted by atomic mass is 16.2. The molecule has 0 radical (unpaired) electrons. The van der Waals surface area contributed by atoms with Gasteiger partial charge in [0.2, 0.25) is 5.91 Å². The highest BCUT2D eigenvalue weighted by molar-refractivity contribution is 5.81. The second-order valence-electron chi connectivity index (χ2n) is 7.93. The molecule has 4 heteroatoms. The van der Waals surface area contributed by atoms with Gasteiger partial charge in [-0.3, -0.25) is 9.69 Å². The summed E-state index contributed by atoms with van der Waals surface area (Å²) in [5, 5.41) is 0. The Morgan fingerprint density at radius 1 is 0.913 bits per heavy atom. The molecule has 3 heterocycles. The Bertz CT molecular complexity index is 373. The topological polar surface area (TPSA) is 26.8 Å². The minimum absolute atomic E-state index is 0.0834. The van der Waals surface area contributed by atoms with Crippen LogP contribution in [-0.4, -0.2) is 72.5 Å². The Hall–Kier alpha value is -0.610. The van der Waals surface area contributed by atoms with Crippen molar-refractivity contribution in [3.8, 4) is 0 Å². The van der Waals surface area contributed by atoms with Crippen LogP contribution in [-0.2, 0) is 4.79 Å². The highest BCUT2D eigenvalue weighted by Crippen LogP contribution is 2.22. The smallest absolute Gasteiger partial charge is 0.239 e. The van der Waals surface area contributed by atoms with Crippen molar-refractivity contribution in [2.45, 2.75) is 64.3 Å². The second kappa shape index (κ2) is 8.48. The summed E-state index contributed by atoms with van der Waals surface area (Å²) in [6.45, 7) is 10.2. The Morgan fingerprint density at radius 2 is 1.57 bits per heavy atom. The lowest BCUT2D eigenvalue weighted by molar-refractivity contribution is -0.136. The van der Waals surface area contributed by atoms with Crippen molar-refractivity contribution in [1.29, 1.82) is 0 Å². The molecular formula is C19H35N3O. The van der Waals surface area contributed by atoms with Crippen LogP contribution in [0.1, 0.15) is 58.3 Å².